The van der Waals surface area contributed by atoms with Crippen LogP contribution >= 0.6 is 0 Å². The Morgan fingerprint density at radius 2 is 1.72 bits per heavy atom. The van der Waals surface area contributed by atoms with E-state index in [1.807, 2.05) is 12.1 Å². The Hall–Kier alpha value is -1.07. The van der Waals surface area contributed by atoms with Gasteiger partial charge in [0.15, 0.2) is 0 Å². The number of anilines is 1. The van der Waals surface area contributed by atoms with E-state index in [4.69, 9.17) is 0 Å². The normalized spacial score (nSPS) is 11.4. The van der Waals surface area contributed by atoms with E-state index in [2.05, 4.69) is 23.9 Å². The molecule has 0 aromatic heterocycles. The summed E-state index contributed by atoms with van der Waals surface area (Å²) in [6, 6.07) is 7.48. The van der Waals surface area contributed by atoms with Gasteiger partial charge in [0.1, 0.15) is 0 Å². The van der Waals surface area contributed by atoms with Gasteiger partial charge in [-0.15, -0.1) is 0 Å². The third-order valence-corrected chi connectivity index (χ3v) is 3.90. The topological polar surface area (TPSA) is 58.2 Å². The first-order chi connectivity index (χ1) is 8.57. The fourth-order valence-electron chi connectivity index (χ4n) is 1.55. The lowest BCUT2D eigenvalue weighted by Crippen LogP contribution is -2.27. The number of benzene rings is 1. The minimum absolute atomic E-state index is 0.0997. The maximum Gasteiger partial charge on any atom is 0.233 e. The van der Waals surface area contributed by atoms with Crippen molar-refractivity contribution in [3.8, 4) is 0 Å². The predicted molar refractivity (Wildman–Crippen MR) is 76.4 cm³/mol. The molecule has 102 valence electrons. The van der Waals surface area contributed by atoms with Crippen LogP contribution in [0.15, 0.2) is 24.3 Å². The largest absolute Gasteiger partial charge is 0.316 e. The van der Waals surface area contributed by atoms with Gasteiger partial charge in [-0.05, 0) is 37.1 Å². The van der Waals surface area contributed by atoms with Crippen molar-refractivity contribution in [2.24, 2.45) is 0 Å². The highest BCUT2D eigenvalue weighted by atomic mass is 32.2. The molecule has 0 saturated heterocycles. The molecule has 0 bridgehead atoms. The lowest BCUT2D eigenvalue weighted by Gasteiger charge is -2.09. The molecule has 1 rings (SSSR count). The van der Waals surface area contributed by atoms with Crippen LogP contribution in [0.2, 0.25) is 0 Å². The van der Waals surface area contributed by atoms with Crippen LogP contribution in [0.4, 0.5) is 5.69 Å². The third-order valence-electron chi connectivity index (χ3n) is 2.61. The molecule has 1 aromatic carbocycles. The van der Waals surface area contributed by atoms with Gasteiger partial charge in [-0.1, -0.05) is 26.0 Å². The first-order valence-corrected chi connectivity index (χ1v) is 8.02. The summed E-state index contributed by atoms with van der Waals surface area (Å²) < 4.78 is 26.1. The van der Waals surface area contributed by atoms with Crippen molar-refractivity contribution in [2.45, 2.75) is 26.7 Å². The highest BCUT2D eigenvalue weighted by Gasteiger charge is 2.09. The summed E-state index contributed by atoms with van der Waals surface area (Å²) in [5.74, 6) is 0.0997. The standard InChI is InChI=1S/C13H22N2O2S/c1-3-9-14-10-11-18(16,17)15-13-7-5-12(4-2)6-8-13/h5-8,14-15H,3-4,9-11H2,1-2H3. The van der Waals surface area contributed by atoms with Gasteiger partial charge in [0.05, 0.1) is 5.75 Å². The number of aryl methyl sites for hydroxylation is 1. The molecule has 0 spiro atoms. The van der Waals surface area contributed by atoms with E-state index in [0.29, 0.717) is 12.2 Å². The molecule has 0 aliphatic heterocycles. The Balaban J connectivity index is 2.48. The van der Waals surface area contributed by atoms with Gasteiger partial charge in [-0.25, -0.2) is 8.42 Å². The van der Waals surface area contributed by atoms with Crippen LogP contribution in [0.1, 0.15) is 25.8 Å². The molecule has 1 aromatic rings. The van der Waals surface area contributed by atoms with Crippen molar-refractivity contribution in [1.82, 2.24) is 5.32 Å². The maximum atomic E-state index is 11.8. The number of sulfonamides is 1. The van der Waals surface area contributed by atoms with Crippen LogP contribution < -0.4 is 10.0 Å². The monoisotopic (exact) mass is 270 g/mol. The van der Waals surface area contributed by atoms with Crippen molar-refractivity contribution >= 4 is 15.7 Å². The molecule has 0 aliphatic rings. The fourth-order valence-corrected chi connectivity index (χ4v) is 2.56. The third kappa shape index (κ3) is 5.51. The second kappa shape index (κ2) is 7.38. The summed E-state index contributed by atoms with van der Waals surface area (Å²) in [7, 11) is -3.25. The average molecular weight is 270 g/mol. The fraction of sp³-hybridized carbons (Fsp3) is 0.538. The first-order valence-electron chi connectivity index (χ1n) is 6.37. The van der Waals surface area contributed by atoms with E-state index in [-0.39, 0.29) is 5.75 Å². The van der Waals surface area contributed by atoms with Crippen molar-refractivity contribution in [3.05, 3.63) is 29.8 Å². The molecule has 0 fully saturated rings. The van der Waals surface area contributed by atoms with Crippen molar-refractivity contribution in [3.63, 3.8) is 0 Å². The molecule has 0 unspecified atom stereocenters. The Labute approximate surface area is 110 Å². The van der Waals surface area contributed by atoms with E-state index < -0.39 is 10.0 Å². The van der Waals surface area contributed by atoms with E-state index in [1.54, 1.807) is 12.1 Å². The number of nitrogens with one attached hydrogen (secondary N) is 2. The van der Waals surface area contributed by atoms with Gasteiger partial charge >= 0.3 is 0 Å². The zero-order valence-corrected chi connectivity index (χ0v) is 11.9. The number of rotatable bonds is 8. The van der Waals surface area contributed by atoms with Crippen molar-refractivity contribution in [2.75, 3.05) is 23.6 Å². The molecule has 0 amide bonds. The van der Waals surface area contributed by atoms with Gasteiger partial charge in [0.2, 0.25) is 10.0 Å². The van der Waals surface area contributed by atoms with Crippen molar-refractivity contribution in [1.29, 1.82) is 0 Å². The van der Waals surface area contributed by atoms with E-state index in [1.165, 1.54) is 5.56 Å². The quantitative estimate of drug-likeness (QED) is 0.710. The molecule has 0 aliphatic carbocycles. The molecule has 18 heavy (non-hydrogen) atoms. The van der Waals surface area contributed by atoms with Gasteiger partial charge in [-0.3, -0.25) is 4.72 Å². The Morgan fingerprint density at radius 1 is 1.06 bits per heavy atom. The van der Waals surface area contributed by atoms with Crippen LogP contribution in [-0.2, 0) is 16.4 Å². The molecule has 2 N–H and O–H groups in total. The molecule has 0 atom stereocenters. The highest BCUT2D eigenvalue weighted by molar-refractivity contribution is 7.92. The van der Waals surface area contributed by atoms with Crippen molar-refractivity contribution < 1.29 is 8.42 Å². The predicted octanol–water partition coefficient (Wildman–Crippen LogP) is 1.99. The summed E-state index contributed by atoms with van der Waals surface area (Å²) in [6.07, 6.45) is 1.96. The van der Waals surface area contributed by atoms with E-state index >= 15 is 0 Å². The Bertz CT molecular complexity index is 441. The van der Waals surface area contributed by atoms with Crippen LogP contribution in [0, 0.1) is 0 Å². The first kappa shape index (κ1) is 15.0. The summed E-state index contributed by atoms with van der Waals surface area (Å²) in [4.78, 5) is 0. The van der Waals surface area contributed by atoms with E-state index in [9.17, 15) is 8.42 Å². The lowest BCUT2D eigenvalue weighted by molar-refractivity contribution is 0.595. The Morgan fingerprint density at radius 3 is 2.28 bits per heavy atom. The molecule has 0 saturated carbocycles. The Kier molecular flexibility index (Phi) is 6.15. The minimum atomic E-state index is -3.25. The summed E-state index contributed by atoms with van der Waals surface area (Å²) in [5.41, 5.74) is 1.82. The smallest absolute Gasteiger partial charge is 0.233 e. The molecule has 0 radical (unpaired) electrons. The summed E-state index contributed by atoms with van der Waals surface area (Å²) >= 11 is 0. The maximum absolute atomic E-state index is 11.8. The number of hydrogen-bond donors (Lipinski definition) is 2. The molecular weight excluding hydrogens is 248 g/mol. The minimum Gasteiger partial charge on any atom is -0.316 e. The zero-order chi connectivity index (χ0) is 13.4. The number of hydrogen-bond acceptors (Lipinski definition) is 3. The van der Waals surface area contributed by atoms with Gasteiger partial charge in [-0.2, -0.15) is 0 Å². The molecule has 4 nitrogen and oxygen atoms in total. The SMILES string of the molecule is CCCNCCS(=O)(=O)Nc1ccc(CC)cc1. The highest BCUT2D eigenvalue weighted by Crippen LogP contribution is 2.11. The molecule has 0 heterocycles. The van der Waals surface area contributed by atoms with Crippen LogP contribution in [-0.4, -0.2) is 27.3 Å². The second-order valence-electron chi connectivity index (χ2n) is 4.22. The van der Waals surface area contributed by atoms with Gasteiger partial charge < -0.3 is 5.32 Å². The van der Waals surface area contributed by atoms with E-state index in [0.717, 1.165) is 19.4 Å². The van der Waals surface area contributed by atoms with Crippen LogP contribution in [0.3, 0.4) is 0 Å². The van der Waals surface area contributed by atoms with Gasteiger partial charge in [0, 0.05) is 12.2 Å². The molecule has 5 heteroatoms. The second-order valence-corrected chi connectivity index (χ2v) is 6.06. The summed E-state index contributed by atoms with van der Waals surface area (Å²) in [6.45, 7) is 5.45. The zero-order valence-electron chi connectivity index (χ0n) is 11.1. The van der Waals surface area contributed by atoms with Crippen LogP contribution in [0.25, 0.3) is 0 Å². The van der Waals surface area contributed by atoms with Gasteiger partial charge in [0.25, 0.3) is 0 Å². The average Bonchev–Trinajstić information content (AvgIpc) is 2.35. The summed E-state index contributed by atoms with van der Waals surface area (Å²) in [5, 5.41) is 3.08. The van der Waals surface area contributed by atoms with Crippen LogP contribution in [0.5, 0.6) is 0 Å². The molecular formula is C13H22N2O2S. The lowest BCUT2D eigenvalue weighted by atomic mass is 10.2.